The summed E-state index contributed by atoms with van der Waals surface area (Å²) in [7, 11) is 1.88. The minimum absolute atomic E-state index is 0.0864. The fourth-order valence-corrected chi connectivity index (χ4v) is 5.58. The molecule has 38 heavy (non-hydrogen) atoms. The van der Waals surface area contributed by atoms with Crippen molar-refractivity contribution in [3.63, 3.8) is 0 Å². The van der Waals surface area contributed by atoms with E-state index in [2.05, 4.69) is 29.1 Å². The van der Waals surface area contributed by atoms with E-state index < -0.39 is 17.7 Å². The van der Waals surface area contributed by atoms with Crippen molar-refractivity contribution in [1.82, 2.24) is 24.8 Å². The van der Waals surface area contributed by atoms with Crippen LogP contribution >= 0.6 is 0 Å². The van der Waals surface area contributed by atoms with Gasteiger partial charge in [-0.05, 0) is 68.7 Å². The third-order valence-electron chi connectivity index (χ3n) is 7.91. The summed E-state index contributed by atoms with van der Waals surface area (Å²) in [5.41, 5.74) is 2.63. The summed E-state index contributed by atoms with van der Waals surface area (Å²) in [6.45, 7) is 6.00. The zero-order valence-electron chi connectivity index (χ0n) is 21.8. The fourth-order valence-electron chi connectivity index (χ4n) is 5.58. The van der Waals surface area contributed by atoms with Crippen molar-refractivity contribution in [3.8, 4) is 23.0 Å². The molecule has 1 aliphatic heterocycles. The second kappa shape index (κ2) is 9.83. The summed E-state index contributed by atoms with van der Waals surface area (Å²) in [6, 6.07) is 4.15. The Kier molecular flexibility index (Phi) is 6.83. The largest absolute Gasteiger partial charge is 0.481 e. The molecule has 1 fully saturated rings. The van der Waals surface area contributed by atoms with E-state index in [0.29, 0.717) is 38.2 Å². The van der Waals surface area contributed by atoms with Gasteiger partial charge >= 0.3 is 12.1 Å². The van der Waals surface area contributed by atoms with Gasteiger partial charge in [-0.2, -0.15) is 23.3 Å². The number of piperidine rings is 1. The summed E-state index contributed by atoms with van der Waals surface area (Å²) in [5.74, 6) is -0.891. The average molecular weight is 532 g/mol. The molecule has 0 spiro atoms. The van der Waals surface area contributed by atoms with Crippen LogP contribution in [0.4, 0.5) is 13.2 Å². The number of aromatic nitrogens is 4. The average Bonchev–Trinajstić information content (AvgIpc) is 3.46. The number of fused-ring (bicyclic) bond motifs is 1. The Morgan fingerprint density at radius 3 is 2.66 bits per heavy atom. The number of carboxylic acid groups (broad SMARTS) is 1. The molecule has 11 heteroatoms. The number of aliphatic carboxylic acids is 1. The van der Waals surface area contributed by atoms with E-state index in [9.17, 15) is 18.0 Å². The topological polar surface area (TPSA) is 97.3 Å². The fraction of sp³-hybridized carbons (Fsp3) is 0.556. The number of carboxylic acids is 1. The Morgan fingerprint density at radius 2 is 1.97 bits per heavy atom. The molecule has 1 aliphatic carbocycles. The van der Waals surface area contributed by atoms with Gasteiger partial charge in [0.1, 0.15) is 0 Å². The molecule has 3 aromatic rings. The monoisotopic (exact) mass is 531 g/mol. The van der Waals surface area contributed by atoms with Gasteiger partial charge in [-0.3, -0.25) is 9.48 Å². The minimum atomic E-state index is -4.54. The van der Waals surface area contributed by atoms with Crippen LogP contribution in [0.1, 0.15) is 55.5 Å². The molecule has 0 radical (unpaired) electrons. The number of halogens is 3. The number of aryl methyl sites for hydroxylation is 1. The lowest BCUT2D eigenvalue weighted by atomic mass is 9.76. The lowest BCUT2D eigenvalue weighted by Gasteiger charge is -2.30. The molecule has 1 saturated heterocycles. The number of rotatable bonds is 6. The lowest BCUT2D eigenvalue weighted by molar-refractivity contribution is -0.143. The molecule has 0 unspecified atom stereocenters. The lowest BCUT2D eigenvalue weighted by Crippen LogP contribution is -2.37. The summed E-state index contributed by atoms with van der Waals surface area (Å²) < 4.78 is 49.4. The van der Waals surface area contributed by atoms with Crippen molar-refractivity contribution in [2.24, 2.45) is 18.4 Å². The van der Waals surface area contributed by atoms with Crippen molar-refractivity contribution in [3.05, 3.63) is 40.6 Å². The Hall–Kier alpha value is -3.21. The van der Waals surface area contributed by atoms with Gasteiger partial charge in [0.2, 0.25) is 5.82 Å². The molecule has 0 bridgehead atoms. The maximum atomic E-state index is 14.0. The van der Waals surface area contributed by atoms with Gasteiger partial charge in [0.05, 0.1) is 11.5 Å². The highest BCUT2D eigenvalue weighted by Crippen LogP contribution is 2.39. The van der Waals surface area contributed by atoms with Crippen LogP contribution in [-0.4, -0.2) is 55.5 Å². The molecule has 8 nitrogen and oxygen atoms in total. The zero-order chi connectivity index (χ0) is 27.2. The van der Waals surface area contributed by atoms with E-state index in [1.165, 1.54) is 6.07 Å². The number of benzene rings is 1. The van der Waals surface area contributed by atoms with E-state index in [1.807, 2.05) is 16.6 Å². The van der Waals surface area contributed by atoms with Crippen molar-refractivity contribution in [1.29, 1.82) is 0 Å². The predicted octanol–water partition coefficient (Wildman–Crippen LogP) is 5.01. The molecule has 0 amide bonds. The Balaban J connectivity index is 1.35. The highest BCUT2D eigenvalue weighted by atomic mass is 19.4. The number of nitrogens with zero attached hydrogens (tertiary/aromatic N) is 5. The van der Waals surface area contributed by atoms with Gasteiger partial charge in [0, 0.05) is 30.4 Å². The molecule has 5 rings (SSSR count). The first-order valence-corrected chi connectivity index (χ1v) is 13.0. The van der Waals surface area contributed by atoms with E-state index in [-0.39, 0.29) is 40.6 Å². The highest BCUT2D eigenvalue weighted by Gasteiger charge is 2.35. The van der Waals surface area contributed by atoms with E-state index in [0.717, 1.165) is 36.6 Å². The summed E-state index contributed by atoms with van der Waals surface area (Å²) in [6.07, 6.45) is -0.615. The number of hydrogen-bond acceptors (Lipinski definition) is 6. The second-order valence-corrected chi connectivity index (χ2v) is 11.2. The van der Waals surface area contributed by atoms with E-state index in [4.69, 9.17) is 9.63 Å². The maximum absolute atomic E-state index is 14.0. The first kappa shape index (κ1) is 26.4. The van der Waals surface area contributed by atoms with Gasteiger partial charge in [-0.1, -0.05) is 31.1 Å². The van der Waals surface area contributed by atoms with Crippen LogP contribution in [0.15, 0.2) is 22.7 Å². The number of likely N-dealkylation sites (tertiary alicyclic amines) is 1. The van der Waals surface area contributed by atoms with Crippen molar-refractivity contribution < 1.29 is 27.6 Å². The van der Waals surface area contributed by atoms with Crippen molar-refractivity contribution in [2.75, 3.05) is 19.6 Å². The quantitative estimate of drug-likeness (QED) is 0.478. The first-order chi connectivity index (χ1) is 17.9. The van der Waals surface area contributed by atoms with Gasteiger partial charge < -0.3 is 14.5 Å². The van der Waals surface area contributed by atoms with Gasteiger partial charge in [0.15, 0.2) is 5.69 Å². The predicted molar refractivity (Wildman–Crippen MR) is 133 cm³/mol. The number of carbonyl (C=O) groups is 1. The molecule has 2 aliphatic rings. The zero-order valence-corrected chi connectivity index (χ0v) is 21.8. The molecule has 204 valence electrons. The van der Waals surface area contributed by atoms with Gasteiger partial charge in [0.25, 0.3) is 5.89 Å². The molecule has 3 heterocycles. The molecular formula is C27H32F3N5O3. The Bertz CT molecular complexity index is 1340. The maximum Gasteiger partial charge on any atom is 0.416 e. The van der Waals surface area contributed by atoms with Crippen LogP contribution in [0.5, 0.6) is 0 Å². The van der Waals surface area contributed by atoms with Crippen LogP contribution in [0, 0.1) is 11.3 Å². The molecule has 1 N–H and O–H groups in total. The van der Waals surface area contributed by atoms with Gasteiger partial charge in [-0.15, -0.1) is 0 Å². The molecule has 1 aromatic carbocycles. The second-order valence-electron chi connectivity index (χ2n) is 11.2. The third-order valence-corrected chi connectivity index (χ3v) is 7.91. The van der Waals surface area contributed by atoms with Crippen molar-refractivity contribution >= 4 is 5.97 Å². The number of hydrogen-bond donors (Lipinski definition) is 1. The smallest absolute Gasteiger partial charge is 0.416 e. The summed E-state index contributed by atoms with van der Waals surface area (Å²) in [5, 5.41) is 17.7. The molecular weight excluding hydrogens is 499 g/mol. The van der Waals surface area contributed by atoms with Crippen LogP contribution in [0.2, 0.25) is 0 Å². The van der Waals surface area contributed by atoms with Crippen LogP contribution in [0.25, 0.3) is 23.0 Å². The molecule has 2 aromatic heterocycles. The van der Waals surface area contributed by atoms with Crippen LogP contribution < -0.4 is 0 Å². The summed E-state index contributed by atoms with van der Waals surface area (Å²) in [4.78, 5) is 17.6. The Labute approximate surface area is 218 Å². The first-order valence-electron chi connectivity index (χ1n) is 13.0. The standard InChI is InChI=1S/C27H32F3N5O3/c1-26(2)10-6-19-21(15-26)34(3)32-22(19)24-31-23(33-38-24)18-5-4-16(20(14-18)27(28,29)30)7-11-35-12-8-17(9-13-35)25(36)37/h4-5,14,17H,6-13,15H2,1-3H3,(H,36,37). The number of alkyl halides is 3. The third kappa shape index (κ3) is 5.34. The van der Waals surface area contributed by atoms with E-state index >= 15 is 0 Å². The SMILES string of the molecule is Cn1nc(-c2nc(-c3ccc(CCN4CCC(C(=O)O)CC4)c(C(F)(F)F)c3)no2)c2c1CC(C)(C)CC2. The minimum Gasteiger partial charge on any atom is -0.481 e. The van der Waals surface area contributed by atoms with E-state index in [1.54, 1.807) is 6.07 Å². The van der Waals surface area contributed by atoms with Crippen molar-refractivity contribution in [2.45, 2.75) is 58.5 Å². The van der Waals surface area contributed by atoms with Crippen LogP contribution in [-0.2, 0) is 37.3 Å². The van der Waals surface area contributed by atoms with Crippen LogP contribution in [0.3, 0.4) is 0 Å². The molecule has 0 saturated carbocycles. The normalized spacial score (nSPS) is 18.5. The van der Waals surface area contributed by atoms with Gasteiger partial charge in [-0.25, -0.2) is 0 Å². The summed E-state index contributed by atoms with van der Waals surface area (Å²) >= 11 is 0. The Morgan fingerprint density at radius 1 is 1.24 bits per heavy atom. The highest BCUT2D eigenvalue weighted by molar-refractivity contribution is 5.70. The molecule has 0 atom stereocenters.